The molecule has 2 aromatic rings. The highest BCUT2D eigenvalue weighted by atomic mass is 35.5. The SMILES string of the molecule is CC(C)(C)OC(=O)NCc1cc(Cl)c(F)cc1-n1cnnn1. The van der Waals surface area contributed by atoms with Crippen LogP contribution in [-0.2, 0) is 11.3 Å². The molecule has 1 amide bonds. The lowest BCUT2D eigenvalue weighted by Crippen LogP contribution is -2.32. The van der Waals surface area contributed by atoms with Gasteiger partial charge in [0.15, 0.2) is 0 Å². The molecule has 0 unspecified atom stereocenters. The summed E-state index contributed by atoms with van der Waals surface area (Å²) in [6.45, 7) is 5.36. The first-order valence-electron chi connectivity index (χ1n) is 6.44. The monoisotopic (exact) mass is 327 g/mol. The van der Waals surface area contributed by atoms with Crippen LogP contribution < -0.4 is 5.32 Å². The van der Waals surface area contributed by atoms with Gasteiger partial charge in [0.25, 0.3) is 0 Å². The van der Waals surface area contributed by atoms with Gasteiger partial charge in [0.1, 0.15) is 17.7 Å². The zero-order valence-electron chi connectivity index (χ0n) is 12.3. The Kier molecular flexibility index (Phi) is 4.60. The highest BCUT2D eigenvalue weighted by Gasteiger charge is 2.17. The molecule has 1 aromatic heterocycles. The Labute approximate surface area is 131 Å². The van der Waals surface area contributed by atoms with E-state index in [-0.39, 0.29) is 11.6 Å². The Balaban J connectivity index is 2.20. The number of ether oxygens (including phenoxy) is 1. The highest BCUT2D eigenvalue weighted by Crippen LogP contribution is 2.22. The number of tetrazole rings is 1. The lowest BCUT2D eigenvalue weighted by molar-refractivity contribution is 0.0523. The fourth-order valence-corrected chi connectivity index (χ4v) is 1.87. The molecule has 2 rings (SSSR count). The van der Waals surface area contributed by atoms with Gasteiger partial charge < -0.3 is 10.1 Å². The number of alkyl carbamates (subject to hydrolysis) is 1. The van der Waals surface area contributed by atoms with Crippen LogP contribution in [0.2, 0.25) is 5.02 Å². The van der Waals surface area contributed by atoms with Crippen molar-refractivity contribution in [3.05, 3.63) is 34.9 Å². The largest absolute Gasteiger partial charge is 0.444 e. The van der Waals surface area contributed by atoms with Crippen molar-refractivity contribution in [2.45, 2.75) is 32.9 Å². The molecular weight excluding hydrogens is 313 g/mol. The standard InChI is InChI=1S/C13H15ClFN5O2/c1-13(2,3)22-12(21)16-6-8-4-9(14)10(15)5-11(8)20-7-17-18-19-20/h4-5,7H,6H2,1-3H3,(H,16,21). The maximum atomic E-state index is 13.6. The van der Waals surface area contributed by atoms with E-state index < -0.39 is 17.5 Å². The summed E-state index contributed by atoms with van der Waals surface area (Å²) in [4.78, 5) is 11.7. The predicted octanol–water partition coefficient (Wildman–Crippen LogP) is 2.48. The molecular formula is C13H15ClFN5O2. The van der Waals surface area contributed by atoms with Crippen LogP contribution in [0.3, 0.4) is 0 Å². The fourth-order valence-electron chi connectivity index (χ4n) is 1.69. The number of rotatable bonds is 3. The van der Waals surface area contributed by atoms with Gasteiger partial charge in [0.05, 0.1) is 10.7 Å². The molecule has 1 N–H and O–H groups in total. The number of aromatic nitrogens is 4. The Hall–Kier alpha value is -2.22. The second-order valence-corrected chi connectivity index (χ2v) is 5.91. The van der Waals surface area contributed by atoms with Crippen LogP contribution in [0.4, 0.5) is 9.18 Å². The molecule has 1 aromatic carbocycles. The smallest absolute Gasteiger partial charge is 0.407 e. The average Bonchev–Trinajstić information content (AvgIpc) is 2.91. The number of carbonyl (C=O) groups excluding carboxylic acids is 1. The second-order valence-electron chi connectivity index (χ2n) is 5.50. The highest BCUT2D eigenvalue weighted by molar-refractivity contribution is 6.30. The van der Waals surface area contributed by atoms with Gasteiger partial charge in [-0.15, -0.1) is 5.10 Å². The predicted molar refractivity (Wildman–Crippen MR) is 77.2 cm³/mol. The van der Waals surface area contributed by atoms with Gasteiger partial charge in [-0.2, -0.15) is 0 Å². The molecule has 0 atom stereocenters. The minimum absolute atomic E-state index is 0.0576. The number of hydrogen-bond acceptors (Lipinski definition) is 5. The Bertz CT molecular complexity index is 670. The minimum atomic E-state index is -0.608. The van der Waals surface area contributed by atoms with Crippen LogP contribution in [0.15, 0.2) is 18.5 Å². The van der Waals surface area contributed by atoms with Crippen LogP contribution in [0.25, 0.3) is 5.69 Å². The van der Waals surface area contributed by atoms with E-state index in [9.17, 15) is 9.18 Å². The number of amides is 1. The van der Waals surface area contributed by atoms with E-state index in [0.29, 0.717) is 11.3 Å². The first kappa shape index (κ1) is 16.2. The van der Waals surface area contributed by atoms with Gasteiger partial charge in [-0.25, -0.2) is 13.9 Å². The third-order valence-electron chi connectivity index (χ3n) is 2.54. The van der Waals surface area contributed by atoms with Gasteiger partial charge in [0, 0.05) is 12.6 Å². The molecule has 9 heteroatoms. The number of nitrogens with zero attached hydrogens (tertiary/aromatic N) is 4. The van der Waals surface area contributed by atoms with E-state index in [0.717, 1.165) is 0 Å². The molecule has 118 valence electrons. The molecule has 0 bridgehead atoms. The molecule has 0 saturated carbocycles. The van der Waals surface area contributed by atoms with E-state index >= 15 is 0 Å². The summed E-state index contributed by atoms with van der Waals surface area (Å²) in [5.41, 5.74) is 0.316. The minimum Gasteiger partial charge on any atom is -0.444 e. The Morgan fingerprint density at radius 2 is 2.18 bits per heavy atom. The van der Waals surface area contributed by atoms with Crippen molar-refractivity contribution in [3.8, 4) is 5.69 Å². The molecule has 0 fully saturated rings. The average molecular weight is 328 g/mol. The van der Waals surface area contributed by atoms with Gasteiger partial charge in [-0.05, 0) is 42.8 Å². The number of hydrogen-bond donors (Lipinski definition) is 1. The summed E-state index contributed by atoms with van der Waals surface area (Å²) < 4.78 is 20.1. The molecule has 7 nitrogen and oxygen atoms in total. The van der Waals surface area contributed by atoms with E-state index in [4.69, 9.17) is 16.3 Å². The lowest BCUT2D eigenvalue weighted by atomic mass is 10.1. The van der Waals surface area contributed by atoms with Gasteiger partial charge in [-0.1, -0.05) is 11.6 Å². The number of nitrogens with one attached hydrogen (secondary N) is 1. The van der Waals surface area contributed by atoms with E-state index in [1.165, 1.54) is 23.1 Å². The summed E-state index contributed by atoms with van der Waals surface area (Å²) in [7, 11) is 0. The molecule has 0 saturated heterocycles. The van der Waals surface area contributed by atoms with E-state index in [2.05, 4.69) is 20.8 Å². The van der Waals surface area contributed by atoms with Crippen LogP contribution in [0.5, 0.6) is 0 Å². The first-order valence-corrected chi connectivity index (χ1v) is 6.82. The van der Waals surface area contributed by atoms with Crippen LogP contribution in [0, 0.1) is 5.82 Å². The van der Waals surface area contributed by atoms with Crippen molar-refractivity contribution in [2.75, 3.05) is 0 Å². The molecule has 1 heterocycles. The van der Waals surface area contributed by atoms with Gasteiger partial charge >= 0.3 is 6.09 Å². The molecule has 0 aliphatic rings. The topological polar surface area (TPSA) is 81.9 Å². The van der Waals surface area contributed by atoms with Crippen molar-refractivity contribution in [2.24, 2.45) is 0 Å². The maximum absolute atomic E-state index is 13.6. The van der Waals surface area contributed by atoms with Crippen molar-refractivity contribution in [3.63, 3.8) is 0 Å². The van der Waals surface area contributed by atoms with Gasteiger partial charge in [0.2, 0.25) is 0 Å². The fraction of sp³-hybridized carbons (Fsp3) is 0.385. The van der Waals surface area contributed by atoms with Crippen molar-refractivity contribution in [1.29, 1.82) is 0 Å². The van der Waals surface area contributed by atoms with E-state index in [1.54, 1.807) is 20.8 Å². The molecule has 0 aliphatic carbocycles. The second kappa shape index (κ2) is 6.27. The summed E-state index contributed by atoms with van der Waals surface area (Å²) in [6.07, 6.45) is 0.732. The van der Waals surface area contributed by atoms with E-state index in [1.807, 2.05) is 0 Å². The maximum Gasteiger partial charge on any atom is 0.407 e. The molecule has 0 radical (unpaired) electrons. The van der Waals surface area contributed by atoms with Crippen molar-refractivity contribution < 1.29 is 13.9 Å². The third kappa shape index (κ3) is 4.14. The number of benzene rings is 1. The van der Waals surface area contributed by atoms with Crippen LogP contribution in [0.1, 0.15) is 26.3 Å². The summed E-state index contributed by atoms with van der Waals surface area (Å²) in [5.74, 6) is -0.604. The molecule has 0 spiro atoms. The third-order valence-corrected chi connectivity index (χ3v) is 2.83. The Morgan fingerprint density at radius 1 is 1.45 bits per heavy atom. The summed E-state index contributed by atoms with van der Waals surface area (Å²) in [6, 6.07) is 2.61. The van der Waals surface area contributed by atoms with Crippen molar-refractivity contribution in [1.82, 2.24) is 25.5 Å². The quantitative estimate of drug-likeness (QED) is 0.936. The summed E-state index contributed by atoms with van der Waals surface area (Å²) >= 11 is 5.79. The Morgan fingerprint density at radius 3 is 2.77 bits per heavy atom. The number of carbonyl (C=O) groups is 1. The zero-order valence-corrected chi connectivity index (χ0v) is 13.1. The van der Waals surface area contributed by atoms with Crippen molar-refractivity contribution >= 4 is 17.7 Å². The zero-order chi connectivity index (χ0) is 16.3. The summed E-state index contributed by atoms with van der Waals surface area (Å²) in [5, 5.41) is 13.2. The molecule has 0 aliphatic heterocycles. The van der Waals surface area contributed by atoms with Crippen LogP contribution in [-0.4, -0.2) is 31.9 Å². The first-order chi connectivity index (χ1) is 10.3. The van der Waals surface area contributed by atoms with Crippen LogP contribution >= 0.6 is 11.6 Å². The normalized spacial score (nSPS) is 11.3. The molecule has 22 heavy (non-hydrogen) atoms. The van der Waals surface area contributed by atoms with Gasteiger partial charge in [-0.3, -0.25) is 0 Å². The lowest BCUT2D eigenvalue weighted by Gasteiger charge is -2.20. The number of halogens is 2.